The van der Waals surface area contributed by atoms with Crippen molar-refractivity contribution in [2.75, 3.05) is 6.54 Å². The van der Waals surface area contributed by atoms with Gasteiger partial charge in [-0.15, -0.1) is 0 Å². The number of H-pyrrole nitrogens is 1. The Bertz CT molecular complexity index is 832. The number of rotatable bonds is 3. The maximum absolute atomic E-state index is 13.0. The monoisotopic (exact) mass is 342 g/mol. The number of aromatic nitrogens is 3. The summed E-state index contributed by atoms with van der Waals surface area (Å²) >= 11 is 0. The van der Waals surface area contributed by atoms with E-state index in [4.69, 9.17) is 0 Å². The third kappa shape index (κ3) is 2.98. The van der Waals surface area contributed by atoms with Gasteiger partial charge in [0.05, 0.1) is 11.6 Å². The molecule has 1 aliphatic heterocycles. The molecule has 1 atom stereocenters. The van der Waals surface area contributed by atoms with Gasteiger partial charge in [-0.2, -0.15) is 5.10 Å². The van der Waals surface area contributed by atoms with Crippen LogP contribution in [0.25, 0.3) is 11.0 Å². The molecule has 2 aromatic rings. The fraction of sp³-hybridized carbons (Fsp3) is 0.632. The molecular formula is C19H26N4O2. The number of aromatic amines is 1. The molecule has 1 saturated carbocycles. The molecule has 0 spiro atoms. The molecule has 0 bridgehead atoms. The molecule has 4 rings (SSSR count). The SMILES string of the molecule is Cn1ncc2c(=O)c(C(=O)N3CCCC3CC3CCCCC3)c[nH]c21. The minimum Gasteiger partial charge on any atom is -0.345 e. The average molecular weight is 342 g/mol. The van der Waals surface area contributed by atoms with Crippen LogP contribution in [-0.4, -0.2) is 38.2 Å². The predicted molar refractivity (Wildman–Crippen MR) is 96.6 cm³/mol. The Balaban J connectivity index is 1.57. The molecule has 0 radical (unpaired) electrons. The number of amides is 1. The second-order valence-electron chi connectivity index (χ2n) is 7.60. The maximum Gasteiger partial charge on any atom is 0.259 e. The Labute approximate surface area is 147 Å². The number of nitrogens with zero attached hydrogens (tertiary/aromatic N) is 3. The molecule has 2 fully saturated rings. The van der Waals surface area contributed by atoms with Crippen molar-refractivity contribution in [2.24, 2.45) is 13.0 Å². The van der Waals surface area contributed by atoms with Gasteiger partial charge in [-0.1, -0.05) is 32.1 Å². The molecule has 25 heavy (non-hydrogen) atoms. The highest BCUT2D eigenvalue weighted by Gasteiger charge is 2.32. The first kappa shape index (κ1) is 16.4. The summed E-state index contributed by atoms with van der Waals surface area (Å²) in [6.07, 6.45) is 12.9. The summed E-state index contributed by atoms with van der Waals surface area (Å²) in [7, 11) is 1.78. The van der Waals surface area contributed by atoms with Crippen LogP contribution >= 0.6 is 0 Å². The molecular weight excluding hydrogens is 316 g/mol. The lowest BCUT2D eigenvalue weighted by Gasteiger charge is -2.30. The van der Waals surface area contributed by atoms with Crippen LogP contribution in [0.3, 0.4) is 0 Å². The summed E-state index contributed by atoms with van der Waals surface area (Å²) < 4.78 is 1.62. The number of carbonyl (C=O) groups excluding carboxylic acids is 1. The van der Waals surface area contributed by atoms with E-state index in [0.717, 1.165) is 31.7 Å². The normalized spacial score (nSPS) is 22.0. The van der Waals surface area contributed by atoms with Gasteiger partial charge in [-0.3, -0.25) is 14.3 Å². The van der Waals surface area contributed by atoms with Gasteiger partial charge >= 0.3 is 0 Å². The first-order valence-electron chi connectivity index (χ1n) is 9.49. The lowest BCUT2D eigenvalue weighted by Crippen LogP contribution is -2.39. The van der Waals surface area contributed by atoms with Gasteiger partial charge in [-0.05, 0) is 25.2 Å². The van der Waals surface area contributed by atoms with Crippen LogP contribution in [0.4, 0.5) is 0 Å². The Morgan fingerprint density at radius 1 is 1.24 bits per heavy atom. The van der Waals surface area contributed by atoms with Crippen molar-refractivity contribution in [2.45, 2.75) is 57.4 Å². The van der Waals surface area contributed by atoms with Gasteiger partial charge in [0, 0.05) is 25.8 Å². The van der Waals surface area contributed by atoms with Crippen molar-refractivity contribution in [3.63, 3.8) is 0 Å². The Kier molecular flexibility index (Phi) is 4.36. The van der Waals surface area contributed by atoms with Gasteiger partial charge in [0.2, 0.25) is 5.43 Å². The maximum atomic E-state index is 13.0. The van der Waals surface area contributed by atoms with E-state index in [0.29, 0.717) is 17.1 Å². The highest BCUT2D eigenvalue weighted by Crippen LogP contribution is 2.32. The summed E-state index contributed by atoms with van der Waals surface area (Å²) in [4.78, 5) is 30.8. The van der Waals surface area contributed by atoms with Crippen LogP contribution in [0.5, 0.6) is 0 Å². The Hall–Kier alpha value is -2.11. The molecule has 6 nitrogen and oxygen atoms in total. The molecule has 3 heterocycles. The van der Waals surface area contributed by atoms with E-state index in [1.165, 1.54) is 38.3 Å². The van der Waals surface area contributed by atoms with Crippen molar-refractivity contribution >= 4 is 16.9 Å². The summed E-state index contributed by atoms with van der Waals surface area (Å²) in [5.41, 5.74) is 0.688. The Morgan fingerprint density at radius 3 is 2.84 bits per heavy atom. The number of nitrogens with one attached hydrogen (secondary N) is 1. The minimum atomic E-state index is -0.213. The van der Waals surface area contributed by atoms with E-state index in [1.807, 2.05) is 4.90 Å². The third-order valence-electron chi connectivity index (χ3n) is 5.98. The van der Waals surface area contributed by atoms with Crippen molar-refractivity contribution in [1.29, 1.82) is 0 Å². The minimum absolute atomic E-state index is 0.120. The zero-order valence-corrected chi connectivity index (χ0v) is 14.8. The first-order valence-corrected chi connectivity index (χ1v) is 9.49. The van der Waals surface area contributed by atoms with Crippen molar-refractivity contribution in [3.05, 3.63) is 28.2 Å². The van der Waals surface area contributed by atoms with Crippen LogP contribution in [0.1, 0.15) is 61.7 Å². The van der Waals surface area contributed by atoms with Crippen molar-refractivity contribution in [3.8, 4) is 0 Å². The quantitative estimate of drug-likeness (QED) is 0.932. The number of aryl methyl sites for hydroxylation is 1. The van der Waals surface area contributed by atoms with Gasteiger partial charge < -0.3 is 9.88 Å². The van der Waals surface area contributed by atoms with E-state index >= 15 is 0 Å². The molecule has 1 aliphatic carbocycles. The van der Waals surface area contributed by atoms with E-state index in [9.17, 15) is 9.59 Å². The van der Waals surface area contributed by atoms with E-state index < -0.39 is 0 Å². The number of likely N-dealkylation sites (tertiary alicyclic amines) is 1. The standard InChI is InChI=1S/C19H26N4O2/c1-22-18-15(12-21-22)17(24)16(11-20-18)19(25)23-9-5-8-14(23)10-13-6-3-2-4-7-13/h11-14H,2-10H2,1H3,(H,20,24). The fourth-order valence-corrected chi connectivity index (χ4v) is 4.60. The van der Waals surface area contributed by atoms with E-state index in [-0.39, 0.29) is 16.9 Å². The van der Waals surface area contributed by atoms with Gasteiger partial charge in [0.1, 0.15) is 11.2 Å². The highest BCUT2D eigenvalue weighted by molar-refractivity contribution is 5.97. The fourth-order valence-electron chi connectivity index (χ4n) is 4.60. The van der Waals surface area contributed by atoms with Crippen LogP contribution in [-0.2, 0) is 7.05 Å². The largest absolute Gasteiger partial charge is 0.345 e. The van der Waals surface area contributed by atoms with Crippen molar-refractivity contribution in [1.82, 2.24) is 19.7 Å². The van der Waals surface area contributed by atoms with Crippen molar-refractivity contribution < 1.29 is 4.79 Å². The van der Waals surface area contributed by atoms with Crippen LogP contribution in [0, 0.1) is 5.92 Å². The smallest absolute Gasteiger partial charge is 0.259 e. The molecule has 1 saturated heterocycles. The van der Waals surface area contributed by atoms with Gasteiger partial charge in [-0.25, -0.2) is 0 Å². The number of hydrogen-bond donors (Lipinski definition) is 1. The topological polar surface area (TPSA) is 71.0 Å². The lowest BCUT2D eigenvalue weighted by atomic mass is 9.84. The predicted octanol–water partition coefficient (Wildman–Crippen LogP) is 2.84. The second kappa shape index (κ2) is 6.65. The summed E-state index contributed by atoms with van der Waals surface area (Å²) in [5, 5.41) is 4.59. The van der Waals surface area contributed by atoms with Crippen LogP contribution < -0.4 is 5.43 Å². The molecule has 1 amide bonds. The molecule has 2 aromatic heterocycles. The number of pyridine rings is 1. The molecule has 0 aromatic carbocycles. The molecule has 134 valence electrons. The van der Waals surface area contributed by atoms with Crippen LogP contribution in [0.2, 0.25) is 0 Å². The summed E-state index contributed by atoms with van der Waals surface area (Å²) in [6, 6.07) is 0.291. The second-order valence-corrected chi connectivity index (χ2v) is 7.60. The van der Waals surface area contributed by atoms with Gasteiger partial charge in [0.15, 0.2) is 0 Å². The van der Waals surface area contributed by atoms with Crippen LogP contribution in [0.15, 0.2) is 17.2 Å². The average Bonchev–Trinajstić information content (AvgIpc) is 3.23. The van der Waals surface area contributed by atoms with E-state index in [1.54, 1.807) is 17.9 Å². The summed E-state index contributed by atoms with van der Waals surface area (Å²) in [5.74, 6) is 0.622. The lowest BCUT2D eigenvalue weighted by molar-refractivity contribution is 0.0710. The molecule has 6 heteroatoms. The zero-order valence-electron chi connectivity index (χ0n) is 14.8. The van der Waals surface area contributed by atoms with E-state index in [2.05, 4.69) is 10.1 Å². The molecule has 1 unspecified atom stereocenters. The highest BCUT2D eigenvalue weighted by atomic mass is 16.2. The number of fused-ring (bicyclic) bond motifs is 1. The number of hydrogen-bond acceptors (Lipinski definition) is 3. The molecule has 1 N–H and O–H groups in total. The van der Waals surface area contributed by atoms with Gasteiger partial charge in [0.25, 0.3) is 5.91 Å². The summed E-state index contributed by atoms with van der Waals surface area (Å²) in [6.45, 7) is 0.765. The Morgan fingerprint density at radius 2 is 2.04 bits per heavy atom. The number of carbonyl (C=O) groups is 1. The molecule has 2 aliphatic rings. The third-order valence-corrected chi connectivity index (χ3v) is 5.98. The first-order chi connectivity index (χ1) is 12.1. The zero-order chi connectivity index (χ0) is 17.4.